The Labute approximate surface area is 264 Å². The van der Waals surface area contributed by atoms with Gasteiger partial charge in [0.2, 0.25) is 0 Å². The molecule has 0 spiro atoms. The van der Waals surface area contributed by atoms with E-state index in [2.05, 4.69) is 0 Å². The standard InChI is InChI=1S/C26H50N4O16/c1-7-12(27)16(35)21(9(4-32)40-7)44-25-14(29)18(37)23(11(6-34)42-25)46-26-15(30)19(38)22(10(5-33)43-26)45-24-13(28)17(36)20(39-2)8(3-31)41-24/h7-26,31-38H,3-6,27-30H2,1-2H3/t7?,8?,9?,10?,11?,12-,13+,14+,15+,16?,17?,18?,19?,20-,21-,22-,23-,24?,25?,26?/m1/s1. The van der Waals surface area contributed by atoms with Crippen molar-refractivity contribution in [3.8, 4) is 0 Å². The van der Waals surface area contributed by atoms with Gasteiger partial charge >= 0.3 is 0 Å². The highest BCUT2D eigenvalue weighted by Crippen LogP contribution is 2.33. The first-order valence-electron chi connectivity index (χ1n) is 15.1. The van der Waals surface area contributed by atoms with Gasteiger partial charge in [-0.15, -0.1) is 0 Å². The van der Waals surface area contributed by atoms with Crippen LogP contribution in [0, 0.1) is 0 Å². The largest absolute Gasteiger partial charge is 0.394 e. The summed E-state index contributed by atoms with van der Waals surface area (Å²) < 4.78 is 45.5. The predicted molar refractivity (Wildman–Crippen MR) is 150 cm³/mol. The van der Waals surface area contributed by atoms with Crippen LogP contribution < -0.4 is 22.9 Å². The van der Waals surface area contributed by atoms with Crippen LogP contribution in [0.15, 0.2) is 0 Å². The second kappa shape index (κ2) is 16.3. The molecule has 0 aromatic rings. The molecule has 4 saturated heterocycles. The topological polar surface area (TPSA) is 340 Å². The van der Waals surface area contributed by atoms with Gasteiger partial charge in [-0.05, 0) is 6.92 Å². The van der Waals surface area contributed by atoms with E-state index >= 15 is 0 Å². The van der Waals surface area contributed by atoms with Crippen LogP contribution in [0.25, 0.3) is 0 Å². The zero-order chi connectivity index (χ0) is 34.0. The first kappa shape index (κ1) is 38.0. The summed E-state index contributed by atoms with van der Waals surface area (Å²) in [6.07, 6.45) is -20.2. The van der Waals surface area contributed by atoms with Crippen molar-refractivity contribution >= 4 is 0 Å². The lowest BCUT2D eigenvalue weighted by Gasteiger charge is -2.49. The Morgan fingerprint density at radius 2 is 0.761 bits per heavy atom. The van der Waals surface area contributed by atoms with Gasteiger partial charge in [0.1, 0.15) is 73.2 Å². The molecule has 12 unspecified atom stereocenters. The highest BCUT2D eigenvalue weighted by Gasteiger charge is 2.54. The van der Waals surface area contributed by atoms with Crippen molar-refractivity contribution < 1.29 is 78.7 Å². The Morgan fingerprint density at radius 3 is 1.09 bits per heavy atom. The first-order chi connectivity index (χ1) is 21.8. The summed E-state index contributed by atoms with van der Waals surface area (Å²) in [6, 6.07) is -4.77. The minimum atomic E-state index is -1.59. The summed E-state index contributed by atoms with van der Waals surface area (Å²) in [6.45, 7) is -0.875. The quantitative estimate of drug-likeness (QED) is 0.0967. The van der Waals surface area contributed by atoms with E-state index in [1.807, 2.05) is 0 Å². The minimum Gasteiger partial charge on any atom is -0.394 e. The molecule has 0 saturated carbocycles. The Hall–Kier alpha value is -0.800. The summed E-state index contributed by atoms with van der Waals surface area (Å²) >= 11 is 0. The van der Waals surface area contributed by atoms with Crippen molar-refractivity contribution in [1.29, 1.82) is 0 Å². The molecule has 20 nitrogen and oxygen atoms in total. The van der Waals surface area contributed by atoms with Gasteiger partial charge in [-0.1, -0.05) is 0 Å². The van der Waals surface area contributed by atoms with E-state index < -0.39 is 149 Å². The van der Waals surface area contributed by atoms with Gasteiger partial charge in [-0.2, -0.15) is 0 Å². The van der Waals surface area contributed by atoms with Crippen LogP contribution in [0.2, 0.25) is 0 Å². The predicted octanol–water partition coefficient (Wildman–Crippen LogP) is -8.16. The molecule has 20 heteroatoms. The first-order valence-corrected chi connectivity index (χ1v) is 15.1. The van der Waals surface area contributed by atoms with E-state index in [9.17, 15) is 40.9 Å². The second-order valence-electron chi connectivity index (χ2n) is 12.0. The van der Waals surface area contributed by atoms with E-state index in [1.54, 1.807) is 6.92 Å². The normalized spacial score (nSPS) is 52.0. The molecule has 0 radical (unpaired) electrons. The zero-order valence-corrected chi connectivity index (χ0v) is 25.5. The van der Waals surface area contributed by atoms with Gasteiger partial charge in [0.15, 0.2) is 18.9 Å². The van der Waals surface area contributed by atoms with Crippen molar-refractivity contribution in [1.82, 2.24) is 0 Å². The number of methoxy groups -OCH3 is 1. The van der Waals surface area contributed by atoms with Crippen molar-refractivity contribution in [2.75, 3.05) is 33.5 Å². The second-order valence-corrected chi connectivity index (χ2v) is 12.0. The third-order valence-electron chi connectivity index (χ3n) is 9.06. The number of aliphatic hydroxyl groups excluding tert-OH is 8. The Morgan fingerprint density at radius 1 is 0.478 bits per heavy atom. The van der Waals surface area contributed by atoms with Crippen molar-refractivity contribution in [2.24, 2.45) is 22.9 Å². The van der Waals surface area contributed by atoms with Crippen molar-refractivity contribution in [3.05, 3.63) is 0 Å². The van der Waals surface area contributed by atoms with Crippen LogP contribution >= 0.6 is 0 Å². The van der Waals surface area contributed by atoms with Crippen molar-refractivity contribution in [3.63, 3.8) is 0 Å². The molecule has 16 N–H and O–H groups in total. The van der Waals surface area contributed by atoms with Gasteiger partial charge in [-0.3, -0.25) is 0 Å². The molecule has 4 rings (SSSR count). The molecule has 0 amide bonds. The number of ether oxygens (including phenoxy) is 8. The number of nitrogens with two attached hydrogens (primary N) is 4. The molecule has 0 aromatic carbocycles. The molecule has 0 aromatic heterocycles. The van der Waals surface area contributed by atoms with E-state index in [0.717, 1.165) is 0 Å². The Kier molecular flexibility index (Phi) is 13.4. The monoisotopic (exact) mass is 674 g/mol. The van der Waals surface area contributed by atoms with Crippen LogP contribution in [-0.2, 0) is 37.9 Å². The molecule has 4 aliphatic heterocycles. The fourth-order valence-electron chi connectivity index (χ4n) is 6.20. The molecule has 0 bridgehead atoms. The molecule has 4 heterocycles. The summed E-state index contributed by atoms with van der Waals surface area (Å²) in [5, 5.41) is 83.1. The highest BCUT2D eigenvalue weighted by molar-refractivity contribution is 5.00. The molecule has 46 heavy (non-hydrogen) atoms. The van der Waals surface area contributed by atoms with Gasteiger partial charge in [0.05, 0.1) is 56.7 Å². The molecule has 270 valence electrons. The van der Waals surface area contributed by atoms with Gasteiger partial charge in [0, 0.05) is 7.11 Å². The third kappa shape index (κ3) is 7.51. The van der Waals surface area contributed by atoms with E-state index in [-0.39, 0.29) is 0 Å². The number of hydrogen-bond acceptors (Lipinski definition) is 20. The molecule has 4 fully saturated rings. The summed E-state index contributed by atoms with van der Waals surface area (Å²) in [5.41, 5.74) is 24.5. The van der Waals surface area contributed by atoms with Crippen LogP contribution in [0.1, 0.15) is 6.92 Å². The lowest BCUT2D eigenvalue weighted by Crippen LogP contribution is -2.70. The van der Waals surface area contributed by atoms with Crippen LogP contribution in [0.5, 0.6) is 0 Å². The number of hydrogen-bond donors (Lipinski definition) is 12. The smallest absolute Gasteiger partial charge is 0.176 e. The average Bonchev–Trinajstić information content (AvgIpc) is 3.05. The molecule has 0 aliphatic carbocycles. The van der Waals surface area contributed by atoms with Crippen LogP contribution in [0.3, 0.4) is 0 Å². The number of aliphatic hydroxyl groups is 8. The fourth-order valence-corrected chi connectivity index (χ4v) is 6.20. The maximum Gasteiger partial charge on any atom is 0.176 e. The third-order valence-corrected chi connectivity index (χ3v) is 9.06. The van der Waals surface area contributed by atoms with Gasteiger partial charge < -0.3 is 102 Å². The zero-order valence-electron chi connectivity index (χ0n) is 25.5. The lowest BCUT2D eigenvalue weighted by atomic mass is 9.93. The van der Waals surface area contributed by atoms with Gasteiger partial charge in [-0.25, -0.2) is 0 Å². The van der Waals surface area contributed by atoms with Crippen LogP contribution in [0.4, 0.5) is 0 Å². The van der Waals surface area contributed by atoms with E-state index in [4.69, 9.17) is 60.8 Å². The SMILES string of the molecule is CO[C@@H]1C(CO)OC(O[C@@H]2C(CO)OC(O[C@@H]3C(CO)OC(O[C@@H]4C(CO)OC(C)[C@@H](N)C4O)[C@@H](N)C3O)[C@@H](N)C2O)[C@@H](N)C1O. The van der Waals surface area contributed by atoms with Crippen molar-refractivity contribution in [2.45, 2.75) is 129 Å². The van der Waals surface area contributed by atoms with Crippen LogP contribution in [-0.4, -0.2) is 197 Å². The maximum atomic E-state index is 11.1. The fraction of sp³-hybridized carbons (Fsp3) is 1.00. The minimum absolute atomic E-state index is 0.524. The number of rotatable bonds is 11. The average molecular weight is 675 g/mol. The van der Waals surface area contributed by atoms with E-state index in [0.29, 0.717) is 0 Å². The molecular formula is C26H50N4O16. The van der Waals surface area contributed by atoms with Gasteiger partial charge in [0.25, 0.3) is 0 Å². The summed E-state index contributed by atoms with van der Waals surface area (Å²) in [7, 11) is 1.31. The summed E-state index contributed by atoms with van der Waals surface area (Å²) in [5.74, 6) is 0. The Balaban J connectivity index is 1.43. The Bertz CT molecular complexity index is 940. The lowest BCUT2D eigenvalue weighted by molar-refractivity contribution is -0.356. The maximum absolute atomic E-state index is 11.1. The molecular weight excluding hydrogens is 624 g/mol. The molecule has 20 atom stereocenters. The molecule has 4 aliphatic rings. The highest BCUT2D eigenvalue weighted by atomic mass is 16.8. The summed E-state index contributed by atoms with van der Waals surface area (Å²) in [4.78, 5) is 0. The van der Waals surface area contributed by atoms with E-state index in [1.165, 1.54) is 7.11 Å².